The van der Waals surface area contributed by atoms with Gasteiger partial charge in [-0.05, 0) is 36.6 Å². The molecule has 0 unspecified atom stereocenters. The molecule has 24 heavy (non-hydrogen) atoms. The van der Waals surface area contributed by atoms with Gasteiger partial charge in [-0.2, -0.15) is 0 Å². The zero-order valence-electron chi connectivity index (χ0n) is 12.6. The van der Waals surface area contributed by atoms with Gasteiger partial charge in [0.1, 0.15) is 5.82 Å². The van der Waals surface area contributed by atoms with E-state index in [9.17, 15) is 22.9 Å². The van der Waals surface area contributed by atoms with Crippen LogP contribution in [0, 0.1) is 15.9 Å². The highest BCUT2D eigenvalue weighted by atomic mass is 32.2. The second kappa shape index (κ2) is 5.95. The molecule has 1 saturated carbocycles. The molecule has 1 aliphatic rings. The fraction of sp³-hybridized carbons (Fsp3) is 0.250. The van der Waals surface area contributed by atoms with Crippen LogP contribution in [0.4, 0.5) is 10.1 Å². The number of benzene rings is 2. The van der Waals surface area contributed by atoms with Gasteiger partial charge in [0.2, 0.25) is 10.0 Å². The highest BCUT2D eigenvalue weighted by Gasteiger charge is 2.44. The Labute approximate surface area is 138 Å². The summed E-state index contributed by atoms with van der Waals surface area (Å²) in [7, 11) is -3.85. The lowest BCUT2D eigenvalue weighted by Gasteiger charge is -2.16. The molecule has 126 valence electrons. The maximum Gasteiger partial charge on any atom is 0.270 e. The van der Waals surface area contributed by atoms with E-state index in [2.05, 4.69) is 4.72 Å². The Morgan fingerprint density at radius 1 is 1.17 bits per heavy atom. The van der Waals surface area contributed by atoms with E-state index in [0.29, 0.717) is 0 Å². The normalized spacial score (nSPS) is 15.9. The lowest BCUT2D eigenvalue weighted by Crippen LogP contribution is -2.32. The number of nitro benzene ring substituents is 1. The van der Waals surface area contributed by atoms with Gasteiger partial charge in [-0.3, -0.25) is 10.1 Å². The van der Waals surface area contributed by atoms with Crippen molar-refractivity contribution in [2.45, 2.75) is 23.2 Å². The zero-order valence-corrected chi connectivity index (χ0v) is 13.4. The molecule has 0 radical (unpaired) electrons. The molecule has 0 aromatic heterocycles. The van der Waals surface area contributed by atoms with Gasteiger partial charge in [-0.1, -0.05) is 18.2 Å². The fourth-order valence-electron chi connectivity index (χ4n) is 2.60. The van der Waals surface area contributed by atoms with E-state index in [1.807, 2.05) is 0 Å². The highest BCUT2D eigenvalue weighted by molar-refractivity contribution is 7.89. The summed E-state index contributed by atoms with van der Waals surface area (Å²) >= 11 is 0. The number of halogens is 1. The summed E-state index contributed by atoms with van der Waals surface area (Å²) in [6.45, 7) is 0.170. The molecule has 2 aromatic rings. The Morgan fingerprint density at radius 3 is 2.42 bits per heavy atom. The quantitative estimate of drug-likeness (QED) is 0.641. The summed E-state index contributed by atoms with van der Waals surface area (Å²) in [5.41, 5.74) is 0.268. The molecule has 0 saturated heterocycles. The summed E-state index contributed by atoms with van der Waals surface area (Å²) < 4.78 is 40.3. The molecule has 0 aliphatic heterocycles. The first kappa shape index (κ1) is 16.5. The summed E-state index contributed by atoms with van der Waals surface area (Å²) in [4.78, 5) is 9.99. The van der Waals surface area contributed by atoms with Gasteiger partial charge < -0.3 is 0 Å². The van der Waals surface area contributed by atoms with Gasteiger partial charge in [0.05, 0.1) is 9.82 Å². The molecular weight excluding hydrogens is 335 g/mol. The number of nitrogens with one attached hydrogen (secondary N) is 1. The van der Waals surface area contributed by atoms with E-state index in [1.54, 1.807) is 12.1 Å². The fourth-order valence-corrected chi connectivity index (χ4v) is 3.77. The minimum atomic E-state index is -3.85. The number of hydrogen-bond donors (Lipinski definition) is 1. The first-order chi connectivity index (χ1) is 11.3. The van der Waals surface area contributed by atoms with Crippen molar-refractivity contribution >= 4 is 15.7 Å². The SMILES string of the molecule is O=[N+]([O-])c1cccc(S(=O)(=O)NCC2(c3ccc(F)cc3)CC2)c1. The van der Waals surface area contributed by atoms with Crippen LogP contribution < -0.4 is 4.72 Å². The van der Waals surface area contributed by atoms with Gasteiger partial charge in [0, 0.05) is 24.1 Å². The predicted molar refractivity (Wildman–Crippen MR) is 85.6 cm³/mol. The van der Waals surface area contributed by atoms with Gasteiger partial charge in [0.25, 0.3) is 5.69 Å². The van der Waals surface area contributed by atoms with Crippen LogP contribution in [0.25, 0.3) is 0 Å². The Balaban J connectivity index is 1.77. The van der Waals surface area contributed by atoms with Crippen molar-refractivity contribution < 1.29 is 17.7 Å². The second-order valence-corrected chi connectivity index (χ2v) is 7.63. The smallest absolute Gasteiger partial charge is 0.258 e. The third-order valence-electron chi connectivity index (χ3n) is 4.25. The summed E-state index contributed by atoms with van der Waals surface area (Å²) in [6, 6.07) is 10.9. The minimum absolute atomic E-state index is 0.147. The molecule has 8 heteroatoms. The third kappa shape index (κ3) is 3.29. The minimum Gasteiger partial charge on any atom is -0.258 e. The van der Waals surface area contributed by atoms with Crippen LogP contribution in [0.1, 0.15) is 18.4 Å². The monoisotopic (exact) mass is 350 g/mol. The molecule has 0 amide bonds. The van der Waals surface area contributed by atoms with Crippen LogP contribution in [0.15, 0.2) is 53.4 Å². The first-order valence-corrected chi connectivity index (χ1v) is 8.81. The second-order valence-electron chi connectivity index (χ2n) is 5.87. The highest BCUT2D eigenvalue weighted by Crippen LogP contribution is 2.47. The van der Waals surface area contributed by atoms with Crippen molar-refractivity contribution in [2.24, 2.45) is 0 Å². The number of non-ortho nitro benzene ring substituents is 1. The Kier molecular flexibility index (Phi) is 4.10. The number of nitrogens with zero attached hydrogens (tertiary/aromatic N) is 1. The van der Waals surface area contributed by atoms with Crippen molar-refractivity contribution in [2.75, 3.05) is 6.54 Å². The van der Waals surface area contributed by atoms with Crippen molar-refractivity contribution in [1.82, 2.24) is 4.72 Å². The largest absolute Gasteiger partial charge is 0.270 e. The van der Waals surface area contributed by atoms with Crippen molar-refractivity contribution in [3.05, 3.63) is 70.0 Å². The standard InChI is InChI=1S/C16H15FN2O4S/c17-13-6-4-12(5-7-13)16(8-9-16)11-18-24(22,23)15-3-1-2-14(10-15)19(20)21/h1-7,10,18H,8-9,11H2. The van der Waals surface area contributed by atoms with Crippen molar-refractivity contribution in [1.29, 1.82) is 0 Å². The van der Waals surface area contributed by atoms with E-state index < -0.39 is 14.9 Å². The maximum absolute atomic E-state index is 13.0. The zero-order chi connectivity index (χ0) is 17.4. The lowest BCUT2D eigenvalue weighted by atomic mass is 9.96. The Morgan fingerprint density at radius 2 is 1.83 bits per heavy atom. The molecule has 6 nitrogen and oxygen atoms in total. The van der Waals surface area contributed by atoms with Crippen LogP contribution in [0.2, 0.25) is 0 Å². The molecule has 2 aromatic carbocycles. The molecule has 1 N–H and O–H groups in total. The maximum atomic E-state index is 13.0. The number of rotatable bonds is 6. The topological polar surface area (TPSA) is 89.3 Å². The van der Waals surface area contributed by atoms with Crippen LogP contribution in [0.5, 0.6) is 0 Å². The molecule has 1 aliphatic carbocycles. The van der Waals surface area contributed by atoms with Crippen molar-refractivity contribution in [3.8, 4) is 0 Å². The summed E-state index contributed by atoms with van der Waals surface area (Å²) in [5.74, 6) is -0.341. The van der Waals surface area contributed by atoms with E-state index in [0.717, 1.165) is 24.5 Å². The molecule has 0 spiro atoms. The third-order valence-corrected chi connectivity index (χ3v) is 5.65. The Bertz CT molecular complexity index is 877. The first-order valence-electron chi connectivity index (χ1n) is 7.33. The lowest BCUT2D eigenvalue weighted by molar-refractivity contribution is -0.385. The molecule has 3 rings (SSSR count). The predicted octanol–water partition coefficient (Wildman–Crippen LogP) is 2.74. The number of sulfonamides is 1. The molecule has 0 bridgehead atoms. The summed E-state index contributed by atoms with van der Waals surface area (Å²) in [6.07, 6.45) is 1.60. The van der Waals surface area contributed by atoms with E-state index in [4.69, 9.17) is 0 Å². The van der Waals surface area contributed by atoms with Gasteiger partial charge in [0.15, 0.2) is 0 Å². The average molecular weight is 350 g/mol. The van der Waals surface area contributed by atoms with Gasteiger partial charge >= 0.3 is 0 Å². The average Bonchev–Trinajstić information content (AvgIpc) is 3.35. The van der Waals surface area contributed by atoms with E-state index >= 15 is 0 Å². The van der Waals surface area contributed by atoms with Crippen LogP contribution in [-0.4, -0.2) is 19.9 Å². The molecule has 1 fully saturated rings. The molecular formula is C16H15FN2O4S. The molecule has 0 atom stereocenters. The number of nitro groups is 1. The molecule has 0 heterocycles. The summed E-state index contributed by atoms with van der Waals surface area (Å²) in [5, 5.41) is 10.8. The van der Waals surface area contributed by atoms with E-state index in [-0.39, 0.29) is 28.4 Å². The van der Waals surface area contributed by atoms with Gasteiger partial charge in [-0.15, -0.1) is 0 Å². The number of hydrogen-bond acceptors (Lipinski definition) is 4. The van der Waals surface area contributed by atoms with Crippen LogP contribution in [-0.2, 0) is 15.4 Å². The van der Waals surface area contributed by atoms with Crippen LogP contribution >= 0.6 is 0 Å². The van der Waals surface area contributed by atoms with Gasteiger partial charge in [-0.25, -0.2) is 17.5 Å². The van der Waals surface area contributed by atoms with Crippen molar-refractivity contribution in [3.63, 3.8) is 0 Å². The Hall–Kier alpha value is -2.32. The van der Waals surface area contributed by atoms with Crippen LogP contribution in [0.3, 0.4) is 0 Å². The van der Waals surface area contributed by atoms with E-state index in [1.165, 1.54) is 30.3 Å².